The molecule has 2 nitrogen and oxygen atoms in total. The fraction of sp³-hybridized carbons (Fsp3) is 0.857. The predicted octanol–water partition coefficient (Wildman–Crippen LogP) is 2.94. The van der Waals surface area contributed by atoms with Crippen molar-refractivity contribution in [2.75, 3.05) is 0 Å². The number of alkyl halides is 3. The fourth-order valence-electron chi connectivity index (χ4n) is 4.57. The maximum atomic E-state index is 13.1. The van der Waals surface area contributed by atoms with Gasteiger partial charge in [-0.2, -0.15) is 0 Å². The molecule has 3 atom stereocenters. The fourth-order valence-corrected chi connectivity index (χ4v) is 4.57. The van der Waals surface area contributed by atoms with Gasteiger partial charge in [-0.15, -0.1) is 0 Å². The van der Waals surface area contributed by atoms with Crippen LogP contribution in [0.1, 0.15) is 38.5 Å². The number of ketones is 2. The Labute approximate surface area is 109 Å². The van der Waals surface area contributed by atoms with Crippen molar-refractivity contribution in [3.63, 3.8) is 0 Å². The summed E-state index contributed by atoms with van der Waals surface area (Å²) in [6.07, 6.45) is -2.89. The zero-order valence-electron chi connectivity index (χ0n) is 10.6. The van der Waals surface area contributed by atoms with Crippen molar-refractivity contribution < 1.29 is 22.8 Å². The lowest BCUT2D eigenvalue weighted by Gasteiger charge is -2.54. The zero-order valence-corrected chi connectivity index (χ0v) is 10.6. The van der Waals surface area contributed by atoms with Crippen LogP contribution in [0.5, 0.6) is 0 Å². The summed E-state index contributed by atoms with van der Waals surface area (Å²) in [7, 11) is 0. The Hall–Kier alpha value is -0.870. The molecular weight excluding hydrogens is 257 g/mol. The van der Waals surface area contributed by atoms with E-state index >= 15 is 0 Å². The Morgan fingerprint density at radius 3 is 2.26 bits per heavy atom. The summed E-state index contributed by atoms with van der Waals surface area (Å²) in [5.74, 6) is 0.0422. The maximum absolute atomic E-state index is 13.1. The van der Waals surface area contributed by atoms with Crippen LogP contribution in [0.2, 0.25) is 0 Å². The standard InChI is InChI=1S/C14H17F3O2/c15-10(13(16)17)3-11(18)14-4-7-1-8(5-14)12(19)9(2-7)6-14/h7-10,13H,1-6H2. The average Bonchev–Trinajstić information content (AvgIpc) is 2.34. The van der Waals surface area contributed by atoms with Crippen LogP contribution in [-0.2, 0) is 9.59 Å². The molecule has 0 aromatic rings. The molecule has 0 aliphatic heterocycles. The van der Waals surface area contributed by atoms with Gasteiger partial charge < -0.3 is 0 Å². The van der Waals surface area contributed by atoms with Gasteiger partial charge in [-0.05, 0) is 38.0 Å². The molecule has 0 heterocycles. The second kappa shape index (κ2) is 4.32. The van der Waals surface area contributed by atoms with Crippen LogP contribution in [0.25, 0.3) is 0 Å². The molecule has 4 rings (SSSR count). The van der Waals surface area contributed by atoms with Crippen LogP contribution >= 0.6 is 0 Å². The molecule has 0 N–H and O–H groups in total. The van der Waals surface area contributed by atoms with Crippen LogP contribution < -0.4 is 0 Å². The summed E-state index contributed by atoms with van der Waals surface area (Å²) in [6, 6.07) is 0. The van der Waals surface area contributed by atoms with Crippen LogP contribution in [0, 0.1) is 23.2 Å². The quantitative estimate of drug-likeness (QED) is 0.790. The average molecular weight is 274 g/mol. The van der Waals surface area contributed by atoms with E-state index in [1.54, 1.807) is 0 Å². The maximum Gasteiger partial charge on any atom is 0.269 e. The second-order valence-corrected chi connectivity index (χ2v) is 6.50. The van der Waals surface area contributed by atoms with Gasteiger partial charge in [0.05, 0.1) is 0 Å². The van der Waals surface area contributed by atoms with E-state index in [0.717, 1.165) is 12.8 Å². The Morgan fingerprint density at radius 2 is 1.74 bits per heavy atom. The van der Waals surface area contributed by atoms with Gasteiger partial charge in [0.15, 0.2) is 6.17 Å². The van der Waals surface area contributed by atoms with Crippen molar-refractivity contribution in [1.29, 1.82) is 0 Å². The molecular formula is C14H17F3O2. The van der Waals surface area contributed by atoms with E-state index in [1.807, 2.05) is 0 Å². The minimum atomic E-state index is -3.10. The van der Waals surface area contributed by atoms with Crippen LogP contribution in [0.15, 0.2) is 0 Å². The van der Waals surface area contributed by atoms with Crippen LogP contribution in [-0.4, -0.2) is 24.2 Å². The minimum Gasteiger partial charge on any atom is -0.299 e. The van der Waals surface area contributed by atoms with Gasteiger partial charge in [-0.25, -0.2) is 13.2 Å². The molecule has 106 valence electrons. The molecule has 5 heteroatoms. The third-order valence-corrected chi connectivity index (χ3v) is 5.24. The molecule has 3 unspecified atom stereocenters. The molecule has 0 aromatic heterocycles. The molecule has 19 heavy (non-hydrogen) atoms. The van der Waals surface area contributed by atoms with Crippen molar-refractivity contribution in [3.8, 4) is 0 Å². The number of rotatable bonds is 4. The highest BCUT2D eigenvalue weighted by atomic mass is 19.3. The molecule has 4 aliphatic rings. The first-order valence-electron chi connectivity index (χ1n) is 6.90. The summed E-state index contributed by atoms with van der Waals surface area (Å²) in [5.41, 5.74) is -0.677. The first kappa shape index (κ1) is 13.1. The molecule has 4 aliphatic carbocycles. The van der Waals surface area contributed by atoms with Crippen molar-refractivity contribution in [1.82, 2.24) is 0 Å². The Bertz CT molecular complexity index is 403. The van der Waals surface area contributed by atoms with Crippen molar-refractivity contribution in [2.24, 2.45) is 23.2 Å². The minimum absolute atomic E-state index is 0.0835. The Kier molecular flexibility index (Phi) is 2.98. The van der Waals surface area contributed by atoms with Gasteiger partial charge >= 0.3 is 0 Å². The molecule has 0 radical (unpaired) electrons. The summed E-state index contributed by atoms with van der Waals surface area (Å²) < 4.78 is 37.6. The first-order valence-corrected chi connectivity index (χ1v) is 6.90. The summed E-state index contributed by atoms with van der Waals surface area (Å²) in [4.78, 5) is 24.2. The van der Waals surface area contributed by atoms with E-state index in [9.17, 15) is 22.8 Å². The van der Waals surface area contributed by atoms with Gasteiger partial charge in [0.1, 0.15) is 11.6 Å². The molecule has 0 spiro atoms. The smallest absolute Gasteiger partial charge is 0.269 e. The second-order valence-electron chi connectivity index (χ2n) is 6.50. The van der Waals surface area contributed by atoms with Crippen LogP contribution in [0.3, 0.4) is 0 Å². The Morgan fingerprint density at radius 1 is 1.16 bits per heavy atom. The van der Waals surface area contributed by atoms with Gasteiger partial charge in [0.25, 0.3) is 6.43 Å². The summed E-state index contributed by atoms with van der Waals surface area (Å²) in [6.45, 7) is 0. The van der Waals surface area contributed by atoms with Crippen molar-refractivity contribution in [2.45, 2.75) is 51.1 Å². The first-order chi connectivity index (χ1) is 8.91. The topological polar surface area (TPSA) is 34.1 Å². The number of carbonyl (C=O) groups is 2. The predicted molar refractivity (Wildman–Crippen MR) is 61.5 cm³/mol. The van der Waals surface area contributed by atoms with E-state index in [2.05, 4.69) is 0 Å². The lowest BCUT2D eigenvalue weighted by Crippen LogP contribution is -2.54. The number of hydrogen-bond acceptors (Lipinski definition) is 2. The monoisotopic (exact) mass is 274 g/mol. The van der Waals surface area contributed by atoms with E-state index in [4.69, 9.17) is 0 Å². The lowest BCUT2D eigenvalue weighted by atomic mass is 9.48. The van der Waals surface area contributed by atoms with E-state index < -0.39 is 24.4 Å². The lowest BCUT2D eigenvalue weighted by molar-refractivity contribution is -0.157. The summed E-state index contributed by atoms with van der Waals surface area (Å²) in [5, 5.41) is 0. The van der Waals surface area contributed by atoms with E-state index in [0.29, 0.717) is 25.2 Å². The van der Waals surface area contributed by atoms with Crippen molar-refractivity contribution >= 4 is 11.6 Å². The number of carbonyl (C=O) groups excluding carboxylic acids is 2. The number of Topliss-reactive ketones (excluding diaryl/α,β-unsaturated/α-hetero) is 2. The summed E-state index contributed by atoms with van der Waals surface area (Å²) >= 11 is 0. The van der Waals surface area contributed by atoms with E-state index in [-0.39, 0.29) is 23.4 Å². The third kappa shape index (κ3) is 2.01. The molecule has 4 fully saturated rings. The molecule has 4 saturated carbocycles. The molecule has 0 aromatic carbocycles. The highest BCUT2D eigenvalue weighted by Gasteiger charge is 2.58. The van der Waals surface area contributed by atoms with Gasteiger partial charge in [-0.1, -0.05) is 0 Å². The highest BCUT2D eigenvalue weighted by molar-refractivity contribution is 5.92. The Balaban J connectivity index is 1.77. The highest BCUT2D eigenvalue weighted by Crippen LogP contribution is 2.59. The van der Waals surface area contributed by atoms with Crippen molar-refractivity contribution in [3.05, 3.63) is 0 Å². The normalized spacial score (nSPS) is 41.9. The molecule has 0 amide bonds. The van der Waals surface area contributed by atoms with Gasteiger partial charge in [-0.3, -0.25) is 9.59 Å². The van der Waals surface area contributed by atoms with Gasteiger partial charge in [0.2, 0.25) is 0 Å². The SMILES string of the molecule is O=C1C2CC3CC1CC(C(=O)CC(F)C(F)F)(C3)C2. The zero-order chi connectivity index (χ0) is 13.8. The van der Waals surface area contributed by atoms with Crippen LogP contribution in [0.4, 0.5) is 13.2 Å². The van der Waals surface area contributed by atoms with E-state index in [1.165, 1.54) is 0 Å². The van der Waals surface area contributed by atoms with Gasteiger partial charge in [0, 0.05) is 23.7 Å². The number of hydrogen-bond donors (Lipinski definition) is 0. The molecule has 4 bridgehead atoms. The molecule has 0 saturated heterocycles. The largest absolute Gasteiger partial charge is 0.299 e. The number of halogens is 3. The third-order valence-electron chi connectivity index (χ3n) is 5.24.